The smallest absolute Gasteiger partial charge is 0.318 e. The molecule has 0 bridgehead atoms. The Bertz CT molecular complexity index is 1290. The van der Waals surface area contributed by atoms with Crippen molar-refractivity contribution in [3.8, 4) is 6.01 Å². The van der Waals surface area contributed by atoms with Crippen molar-refractivity contribution in [1.29, 1.82) is 0 Å². The summed E-state index contributed by atoms with van der Waals surface area (Å²) in [7, 11) is 0.240. The molecule has 1 aliphatic heterocycles. The van der Waals surface area contributed by atoms with Crippen LogP contribution in [-0.4, -0.2) is 51.4 Å². The molecule has 0 saturated heterocycles. The van der Waals surface area contributed by atoms with E-state index in [1.165, 1.54) is 0 Å². The van der Waals surface area contributed by atoms with Gasteiger partial charge >= 0.3 is 6.01 Å². The maximum Gasteiger partial charge on any atom is 0.318 e. The van der Waals surface area contributed by atoms with E-state index in [-0.39, 0.29) is 5.75 Å². The molecule has 0 unspecified atom stereocenters. The average Bonchev–Trinajstić information content (AvgIpc) is 2.82. The molecule has 1 aromatic heterocycles. The van der Waals surface area contributed by atoms with E-state index >= 15 is 0 Å². The molecule has 0 atom stereocenters. The summed E-state index contributed by atoms with van der Waals surface area (Å²) in [6, 6.07) is 12.4. The molecule has 0 aliphatic carbocycles. The third-order valence-corrected chi connectivity index (χ3v) is 7.60. The van der Waals surface area contributed by atoms with Crippen LogP contribution in [0, 0.1) is 0 Å². The molecule has 1 aliphatic rings. The second kappa shape index (κ2) is 9.57. The number of ether oxygens (including phenoxy) is 1. The largest absolute Gasteiger partial charge is 0.467 e. The number of methoxy groups -OCH3 is 1. The Morgan fingerprint density at radius 3 is 2.73 bits per heavy atom. The number of nitrogens with zero attached hydrogens (tertiary/aromatic N) is 4. The number of anilines is 2. The van der Waals surface area contributed by atoms with E-state index < -0.39 is 9.84 Å². The zero-order valence-corrected chi connectivity index (χ0v) is 20.4. The topological polar surface area (TPSA) is 75.6 Å². The Morgan fingerprint density at radius 1 is 1.24 bits per heavy atom. The SMILES string of the molecule is C=CS(=O)(=O)CCCN(C)c1nc(OC)nc2c1CCN(c1cccc3cccc(Cl)c13)C2. The number of sulfone groups is 1. The van der Waals surface area contributed by atoms with Gasteiger partial charge in [0.1, 0.15) is 5.82 Å². The molecule has 0 spiro atoms. The average molecular weight is 487 g/mol. The molecule has 2 aromatic carbocycles. The second-order valence-electron chi connectivity index (χ2n) is 8.05. The highest BCUT2D eigenvalue weighted by Crippen LogP contribution is 2.36. The number of aromatic nitrogens is 2. The number of hydrogen-bond donors (Lipinski definition) is 0. The quantitative estimate of drug-likeness (QED) is 0.471. The van der Waals surface area contributed by atoms with Gasteiger partial charge < -0.3 is 14.5 Å². The molecular weight excluding hydrogens is 460 g/mol. The zero-order chi connectivity index (χ0) is 23.6. The summed E-state index contributed by atoms with van der Waals surface area (Å²) in [5.74, 6) is 0.837. The Hall–Kier alpha value is -2.84. The maximum atomic E-state index is 11.7. The van der Waals surface area contributed by atoms with Gasteiger partial charge in [0.05, 0.1) is 30.1 Å². The maximum absolute atomic E-state index is 11.7. The molecule has 33 heavy (non-hydrogen) atoms. The van der Waals surface area contributed by atoms with E-state index in [0.717, 1.165) is 56.9 Å². The van der Waals surface area contributed by atoms with Gasteiger partial charge in [-0.1, -0.05) is 42.4 Å². The highest BCUT2D eigenvalue weighted by molar-refractivity contribution is 7.94. The summed E-state index contributed by atoms with van der Waals surface area (Å²) in [6.45, 7) is 5.31. The van der Waals surface area contributed by atoms with E-state index in [1.807, 2.05) is 30.1 Å². The molecule has 3 aromatic rings. The third-order valence-electron chi connectivity index (χ3n) is 5.92. The third kappa shape index (κ3) is 4.91. The van der Waals surface area contributed by atoms with Gasteiger partial charge in [0, 0.05) is 42.2 Å². The van der Waals surface area contributed by atoms with Crippen molar-refractivity contribution in [2.45, 2.75) is 19.4 Å². The Labute approximate surface area is 199 Å². The van der Waals surface area contributed by atoms with Gasteiger partial charge in [-0.05, 0) is 30.4 Å². The fourth-order valence-corrected chi connectivity index (χ4v) is 5.21. The minimum Gasteiger partial charge on any atom is -0.467 e. The van der Waals surface area contributed by atoms with Crippen LogP contribution in [0.1, 0.15) is 17.7 Å². The Morgan fingerprint density at radius 2 is 2.00 bits per heavy atom. The lowest BCUT2D eigenvalue weighted by atomic mass is 10.0. The summed E-state index contributed by atoms with van der Waals surface area (Å²) < 4.78 is 28.9. The van der Waals surface area contributed by atoms with Crippen molar-refractivity contribution in [1.82, 2.24) is 9.97 Å². The van der Waals surface area contributed by atoms with E-state index in [2.05, 4.69) is 39.6 Å². The van der Waals surface area contributed by atoms with Crippen molar-refractivity contribution in [3.05, 3.63) is 64.7 Å². The molecule has 4 rings (SSSR count). The van der Waals surface area contributed by atoms with Gasteiger partial charge in [-0.3, -0.25) is 0 Å². The van der Waals surface area contributed by atoms with Crippen LogP contribution in [0.2, 0.25) is 5.02 Å². The molecule has 0 fully saturated rings. The Kier molecular flexibility index (Phi) is 6.76. The summed E-state index contributed by atoms with van der Waals surface area (Å²) in [4.78, 5) is 13.5. The van der Waals surface area contributed by atoms with Gasteiger partial charge in [0.25, 0.3) is 0 Å². The van der Waals surface area contributed by atoms with E-state index in [9.17, 15) is 8.42 Å². The summed E-state index contributed by atoms with van der Waals surface area (Å²) >= 11 is 6.56. The van der Waals surface area contributed by atoms with Crippen LogP contribution in [0.4, 0.5) is 11.5 Å². The van der Waals surface area contributed by atoms with Crippen LogP contribution in [0.25, 0.3) is 10.8 Å². The fourth-order valence-electron chi connectivity index (χ4n) is 4.23. The zero-order valence-electron chi connectivity index (χ0n) is 18.8. The normalized spacial score (nSPS) is 13.6. The first-order valence-electron chi connectivity index (χ1n) is 10.7. The Balaban J connectivity index is 1.63. The van der Waals surface area contributed by atoms with Crippen LogP contribution in [-0.2, 0) is 22.8 Å². The van der Waals surface area contributed by atoms with E-state index in [4.69, 9.17) is 16.3 Å². The first-order chi connectivity index (χ1) is 15.8. The second-order valence-corrected chi connectivity index (χ2v) is 10.5. The van der Waals surface area contributed by atoms with Gasteiger partial charge in [0.2, 0.25) is 0 Å². The highest BCUT2D eigenvalue weighted by Gasteiger charge is 2.26. The van der Waals surface area contributed by atoms with Crippen molar-refractivity contribution >= 4 is 43.7 Å². The lowest BCUT2D eigenvalue weighted by Gasteiger charge is -2.33. The first kappa shape index (κ1) is 23.3. The van der Waals surface area contributed by atoms with Crippen LogP contribution < -0.4 is 14.5 Å². The number of halogens is 1. The van der Waals surface area contributed by atoms with E-state index in [0.29, 0.717) is 25.5 Å². The molecule has 174 valence electrons. The predicted molar refractivity (Wildman–Crippen MR) is 134 cm³/mol. The minimum absolute atomic E-state index is 0.0564. The lowest BCUT2D eigenvalue weighted by Crippen LogP contribution is -2.34. The predicted octanol–water partition coefficient (Wildman–Crippen LogP) is 4.24. The van der Waals surface area contributed by atoms with Gasteiger partial charge in [-0.2, -0.15) is 9.97 Å². The fraction of sp³-hybridized carbons (Fsp3) is 0.333. The van der Waals surface area contributed by atoms with Crippen LogP contribution in [0.3, 0.4) is 0 Å². The standard InChI is InChI=1S/C24H27ClN4O3S/c1-4-33(30,31)15-7-13-28(2)23-18-12-14-29(16-20(18)26-24(27-23)32-3)21-11-6-9-17-8-5-10-19(25)22(17)21/h4-6,8-11H,1,7,12-16H2,2-3H3. The molecule has 0 saturated carbocycles. The molecule has 0 N–H and O–H groups in total. The van der Waals surface area contributed by atoms with Gasteiger partial charge in [-0.25, -0.2) is 8.42 Å². The number of benzene rings is 2. The number of rotatable bonds is 8. The highest BCUT2D eigenvalue weighted by atomic mass is 35.5. The van der Waals surface area contributed by atoms with Crippen LogP contribution >= 0.6 is 11.6 Å². The molecule has 7 nitrogen and oxygen atoms in total. The first-order valence-corrected chi connectivity index (χ1v) is 12.8. The summed E-state index contributed by atoms with van der Waals surface area (Å²) in [5, 5.41) is 3.87. The van der Waals surface area contributed by atoms with Crippen molar-refractivity contribution in [2.75, 3.05) is 42.8 Å². The van der Waals surface area contributed by atoms with Gasteiger partial charge in [-0.15, -0.1) is 0 Å². The summed E-state index contributed by atoms with van der Waals surface area (Å²) in [6.07, 6.45) is 1.23. The van der Waals surface area contributed by atoms with Crippen LogP contribution in [0.5, 0.6) is 6.01 Å². The lowest BCUT2D eigenvalue weighted by molar-refractivity contribution is 0.376. The molecular formula is C24H27ClN4O3S. The monoisotopic (exact) mass is 486 g/mol. The summed E-state index contributed by atoms with van der Waals surface area (Å²) in [5.41, 5.74) is 3.04. The van der Waals surface area contributed by atoms with E-state index in [1.54, 1.807) is 7.11 Å². The van der Waals surface area contributed by atoms with Gasteiger partial charge in [0.15, 0.2) is 9.84 Å². The molecule has 0 amide bonds. The van der Waals surface area contributed by atoms with Crippen molar-refractivity contribution in [3.63, 3.8) is 0 Å². The number of fused-ring (bicyclic) bond motifs is 2. The number of hydrogen-bond acceptors (Lipinski definition) is 7. The minimum atomic E-state index is -3.22. The van der Waals surface area contributed by atoms with Crippen molar-refractivity contribution in [2.24, 2.45) is 0 Å². The van der Waals surface area contributed by atoms with Crippen molar-refractivity contribution < 1.29 is 13.2 Å². The molecule has 9 heteroatoms. The molecule has 0 radical (unpaired) electrons. The molecule has 2 heterocycles. The van der Waals surface area contributed by atoms with Crippen LogP contribution in [0.15, 0.2) is 48.4 Å².